The predicted octanol–water partition coefficient (Wildman–Crippen LogP) is 6.01. The van der Waals surface area contributed by atoms with Crippen molar-refractivity contribution in [1.29, 1.82) is 10.5 Å². The number of nitrogens with zero attached hydrogens (tertiary/aromatic N) is 4. The maximum absolute atomic E-state index is 13.0. The number of carbonyl (C=O) groups excluding carboxylic acids is 2. The monoisotopic (exact) mass is 596 g/mol. The Kier molecular flexibility index (Phi) is 8.49. The Bertz CT molecular complexity index is 1910. The molecule has 1 aliphatic rings. The Morgan fingerprint density at radius 2 is 1.62 bits per heavy atom. The number of pyridine rings is 1. The van der Waals surface area contributed by atoms with Crippen LogP contribution in [0.15, 0.2) is 95.5 Å². The van der Waals surface area contributed by atoms with Crippen molar-refractivity contribution in [2.45, 2.75) is 25.4 Å². The van der Waals surface area contributed by atoms with Gasteiger partial charge in [0.15, 0.2) is 5.76 Å². The van der Waals surface area contributed by atoms with Gasteiger partial charge in [0.2, 0.25) is 5.88 Å². The van der Waals surface area contributed by atoms with Crippen LogP contribution in [0.5, 0.6) is 11.6 Å². The topological polar surface area (TPSA) is 144 Å². The Balaban J connectivity index is 1.01. The smallest absolute Gasteiger partial charge is 0.287 e. The molecule has 222 valence electrons. The molecule has 2 aromatic heterocycles. The second-order valence-electron chi connectivity index (χ2n) is 10.8. The maximum atomic E-state index is 13.0. The number of rotatable bonds is 8. The van der Waals surface area contributed by atoms with Crippen LogP contribution in [-0.4, -0.2) is 40.8 Å². The molecule has 10 nitrogen and oxygen atoms in total. The largest absolute Gasteiger partial charge is 0.451 e. The van der Waals surface area contributed by atoms with Crippen molar-refractivity contribution in [3.05, 3.63) is 119 Å². The summed E-state index contributed by atoms with van der Waals surface area (Å²) in [5, 5.41) is 24.5. The lowest BCUT2D eigenvalue weighted by Crippen LogP contribution is -2.44. The molecule has 2 N–H and O–H groups in total. The van der Waals surface area contributed by atoms with Gasteiger partial charge in [-0.2, -0.15) is 10.5 Å². The number of piperidine rings is 1. The van der Waals surface area contributed by atoms with Crippen LogP contribution in [0.1, 0.15) is 50.4 Å². The first-order valence-electron chi connectivity index (χ1n) is 14.5. The highest BCUT2D eigenvalue weighted by Crippen LogP contribution is 2.25. The molecule has 0 unspecified atom stereocenters. The number of likely N-dealkylation sites (tertiary alicyclic amines) is 1. The molecule has 0 bridgehead atoms. The lowest BCUT2D eigenvalue weighted by atomic mass is 10.0. The summed E-state index contributed by atoms with van der Waals surface area (Å²) in [6, 6.07) is 28.6. The van der Waals surface area contributed by atoms with Gasteiger partial charge in [-0.15, -0.1) is 0 Å². The second kappa shape index (κ2) is 13.1. The van der Waals surface area contributed by atoms with Crippen molar-refractivity contribution in [2.75, 3.05) is 18.4 Å². The zero-order chi connectivity index (χ0) is 31.2. The number of anilines is 1. The summed E-state index contributed by atoms with van der Waals surface area (Å²) in [7, 11) is 0. The SMILES string of the molecule is N#Cc1ccc(CN2CCC(NC(=O)c3cc4cc(NC(=O)c5ccc(Oc6ccc(C#N)cn6)cc5)ccc4o3)CC2)cc1. The molecule has 3 heterocycles. The highest BCUT2D eigenvalue weighted by molar-refractivity contribution is 6.05. The van der Waals surface area contributed by atoms with E-state index in [9.17, 15) is 9.59 Å². The molecule has 0 radical (unpaired) electrons. The lowest BCUT2D eigenvalue weighted by molar-refractivity contribution is 0.0883. The molecule has 1 saturated heterocycles. The Morgan fingerprint density at radius 1 is 0.889 bits per heavy atom. The predicted molar refractivity (Wildman–Crippen MR) is 167 cm³/mol. The molecule has 0 atom stereocenters. The zero-order valence-electron chi connectivity index (χ0n) is 24.2. The van der Waals surface area contributed by atoms with E-state index in [1.54, 1.807) is 60.7 Å². The van der Waals surface area contributed by atoms with Gasteiger partial charge in [0.25, 0.3) is 11.8 Å². The summed E-state index contributed by atoms with van der Waals surface area (Å²) in [5.41, 5.74) is 3.80. The number of fused-ring (bicyclic) bond motifs is 1. The molecule has 3 aromatic carbocycles. The summed E-state index contributed by atoms with van der Waals surface area (Å²) in [5.74, 6) is 0.503. The molecule has 1 aliphatic heterocycles. The summed E-state index contributed by atoms with van der Waals surface area (Å²) in [6.07, 6.45) is 3.09. The molecule has 0 spiro atoms. The quantitative estimate of drug-likeness (QED) is 0.222. The molecule has 0 aliphatic carbocycles. The van der Waals surface area contributed by atoms with Gasteiger partial charge in [-0.05, 0) is 85.1 Å². The number of amides is 2. The van der Waals surface area contributed by atoms with Crippen LogP contribution in [0.25, 0.3) is 11.0 Å². The average molecular weight is 597 g/mol. The van der Waals surface area contributed by atoms with Gasteiger partial charge in [0.1, 0.15) is 17.4 Å². The number of nitrogens with one attached hydrogen (secondary N) is 2. The minimum Gasteiger partial charge on any atom is -0.451 e. The first-order valence-corrected chi connectivity index (χ1v) is 14.5. The molecular weight excluding hydrogens is 568 g/mol. The van der Waals surface area contributed by atoms with Gasteiger partial charge in [0, 0.05) is 54.6 Å². The highest BCUT2D eigenvalue weighted by Gasteiger charge is 2.23. The highest BCUT2D eigenvalue weighted by atomic mass is 16.5. The number of nitriles is 2. The van der Waals surface area contributed by atoms with Crippen LogP contribution in [0.3, 0.4) is 0 Å². The summed E-state index contributed by atoms with van der Waals surface area (Å²) < 4.78 is 11.5. The normalized spacial score (nSPS) is 13.5. The van der Waals surface area contributed by atoms with Crippen LogP contribution in [0, 0.1) is 22.7 Å². The minimum absolute atomic E-state index is 0.0509. The van der Waals surface area contributed by atoms with E-state index in [2.05, 4.69) is 26.6 Å². The number of carbonyl (C=O) groups is 2. The van der Waals surface area contributed by atoms with Gasteiger partial charge in [0.05, 0.1) is 17.2 Å². The van der Waals surface area contributed by atoms with E-state index in [0.29, 0.717) is 45.0 Å². The van der Waals surface area contributed by atoms with Gasteiger partial charge >= 0.3 is 0 Å². The first-order chi connectivity index (χ1) is 21.9. The summed E-state index contributed by atoms with van der Waals surface area (Å²) >= 11 is 0. The van der Waals surface area contributed by atoms with E-state index in [1.807, 2.05) is 30.3 Å². The van der Waals surface area contributed by atoms with Crippen LogP contribution in [-0.2, 0) is 6.54 Å². The summed E-state index contributed by atoms with van der Waals surface area (Å²) in [6.45, 7) is 2.53. The molecule has 10 heteroatoms. The van der Waals surface area contributed by atoms with Gasteiger partial charge < -0.3 is 19.8 Å². The molecular formula is C35H28N6O4. The Morgan fingerprint density at radius 3 is 2.31 bits per heavy atom. The molecule has 6 rings (SSSR count). The van der Waals surface area contributed by atoms with Crippen molar-refractivity contribution in [1.82, 2.24) is 15.2 Å². The first kappa shape index (κ1) is 29.1. The number of furan rings is 1. The van der Waals surface area contributed by atoms with Crippen LogP contribution in [0.4, 0.5) is 5.69 Å². The fourth-order valence-electron chi connectivity index (χ4n) is 5.17. The van der Waals surface area contributed by atoms with E-state index >= 15 is 0 Å². The average Bonchev–Trinajstić information content (AvgIpc) is 3.50. The van der Waals surface area contributed by atoms with Crippen LogP contribution in [0.2, 0.25) is 0 Å². The fraction of sp³-hybridized carbons (Fsp3) is 0.171. The standard InChI is InChI=1S/C35H28N6O4/c36-19-23-1-3-24(4-2-23)22-41-15-13-28(14-16-41)39-35(43)32-18-27-17-29(8-11-31(27)45-32)40-34(42)26-6-9-30(10-7-26)44-33-12-5-25(20-37)21-38-33/h1-12,17-18,21,28H,13-16,22H2,(H,39,43)(H,40,42). The number of benzene rings is 3. The van der Waals surface area contributed by atoms with Crippen molar-refractivity contribution in [3.63, 3.8) is 0 Å². The maximum Gasteiger partial charge on any atom is 0.287 e. The summed E-state index contributed by atoms with van der Waals surface area (Å²) in [4.78, 5) is 32.3. The van der Waals surface area contributed by atoms with Crippen molar-refractivity contribution < 1.29 is 18.7 Å². The van der Waals surface area contributed by atoms with Gasteiger partial charge in [-0.1, -0.05) is 12.1 Å². The van der Waals surface area contributed by atoms with Crippen molar-refractivity contribution in [3.8, 4) is 23.8 Å². The Hall–Kier alpha value is -5.97. The molecule has 5 aromatic rings. The van der Waals surface area contributed by atoms with E-state index in [0.717, 1.165) is 38.0 Å². The molecule has 2 amide bonds. The Labute approximate surface area is 259 Å². The number of hydrogen-bond acceptors (Lipinski definition) is 8. The van der Waals surface area contributed by atoms with E-state index < -0.39 is 0 Å². The van der Waals surface area contributed by atoms with Crippen molar-refractivity contribution in [2.24, 2.45) is 0 Å². The third kappa shape index (κ3) is 7.16. The lowest BCUT2D eigenvalue weighted by Gasteiger charge is -2.32. The third-order valence-electron chi connectivity index (χ3n) is 7.61. The number of ether oxygens (including phenoxy) is 1. The molecule has 0 saturated carbocycles. The van der Waals surface area contributed by atoms with Crippen molar-refractivity contribution >= 4 is 28.5 Å². The second-order valence-corrected chi connectivity index (χ2v) is 10.8. The van der Waals surface area contributed by atoms with E-state index in [-0.39, 0.29) is 23.6 Å². The minimum atomic E-state index is -0.301. The van der Waals surface area contributed by atoms with Crippen LogP contribution < -0.4 is 15.4 Å². The zero-order valence-corrected chi connectivity index (χ0v) is 24.2. The van der Waals surface area contributed by atoms with Gasteiger partial charge in [-0.3, -0.25) is 14.5 Å². The van der Waals surface area contributed by atoms with E-state index in [4.69, 9.17) is 19.7 Å². The number of aromatic nitrogens is 1. The fourth-order valence-corrected chi connectivity index (χ4v) is 5.17. The van der Waals surface area contributed by atoms with E-state index in [1.165, 1.54) is 6.20 Å². The number of hydrogen-bond donors (Lipinski definition) is 2. The molecule has 45 heavy (non-hydrogen) atoms. The van der Waals surface area contributed by atoms with Gasteiger partial charge in [-0.25, -0.2) is 4.98 Å². The third-order valence-corrected chi connectivity index (χ3v) is 7.61. The van der Waals surface area contributed by atoms with Crippen LogP contribution >= 0.6 is 0 Å². The molecule has 1 fully saturated rings.